The van der Waals surface area contributed by atoms with Crippen LogP contribution in [0.2, 0.25) is 0 Å². The zero-order valence-electron chi connectivity index (χ0n) is 11.3. The van der Waals surface area contributed by atoms with Gasteiger partial charge in [-0.05, 0) is 50.6 Å². The number of hydrogen-bond donors (Lipinski definition) is 0. The van der Waals surface area contributed by atoms with Crippen molar-refractivity contribution in [3.05, 3.63) is 0 Å². The summed E-state index contributed by atoms with van der Waals surface area (Å²) in [7, 11) is 2.02. The monoisotopic (exact) mass is 236 g/mol. The van der Waals surface area contributed by atoms with Crippen molar-refractivity contribution in [3.63, 3.8) is 0 Å². The molecule has 2 saturated heterocycles. The Morgan fingerprint density at radius 1 is 1.24 bits per heavy atom. The molecule has 3 nitrogen and oxygen atoms in total. The molecule has 1 saturated carbocycles. The summed E-state index contributed by atoms with van der Waals surface area (Å²) < 4.78 is 0. The van der Waals surface area contributed by atoms with E-state index in [2.05, 4.69) is 23.6 Å². The maximum Gasteiger partial charge on any atom is 0.243 e. The van der Waals surface area contributed by atoms with Gasteiger partial charge in [0.15, 0.2) is 0 Å². The molecule has 1 atom stereocenters. The smallest absolute Gasteiger partial charge is 0.243 e. The van der Waals surface area contributed by atoms with Crippen molar-refractivity contribution in [2.24, 2.45) is 5.41 Å². The predicted molar refractivity (Wildman–Crippen MR) is 67.7 cm³/mol. The normalized spacial score (nSPS) is 33.5. The fourth-order valence-corrected chi connectivity index (χ4v) is 4.03. The van der Waals surface area contributed by atoms with E-state index in [0.29, 0.717) is 17.4 Å². The number of carbonyl (C=O) groups is 1. The van der Waals surface area contributed by atoms with E-state index in [0.717, 1.165) is 25.9 Å². The quantitative estimate of drug-likeness (QED) is 0.731. The average Bonchev–Trinajstić information content (AvgIpc) is 2.68. The lowest BCUT2D eigenvalue weighted by Gasteiger charge is -2.35. The van der Waals surface area contributed by atoms with E-state index >= 15 is 0 Å². The number of fused-ring (bicyclic) bond motifs is 1. The molecule has 17 heavy (non-hydrogen) atoms. The van der Waals surface area contributed by atoms with E-state index in [1.54, 1.807) is 0 Å². The maximum absolute atomic E-state index is 12.8. The van der Waals surface area contributed by atoms with Gasteiger partial charge in [-0.3, -0.25) is 9.69 Å². The lowest BCUT2D eigenvalue weighted by molar-refractivity contribution is -0.141. The minimum Gasteiger partial charge on any atom is -0.341 e. The molecule has 2 aliphatic heterocycles. The topological polar surface area (TPSA) is 23.6 Å². The van der Waals surface area contributed by atoms with Crippen molar-refractivity contribution in [1.29, 1.82) is 0 Å². The Bertz CT molecular complexity index is 340. The van der Waals surface area contributed by atoms with E-state index in [-0.39, 0.29) is 5.54 Å². The predicted octanol–water partition coefficient (Wildman–Crippen LogP) is 1.87. The summed E-state index contributed by atoms with van der Waals surface area (Å²) in [6.07, 6.45) is 5.75. The molecule has 3 heteroatoms. The molecular weight excluding hydrogens is 212 g/mol. The number of hydrogen-bond acceptors (Lipinski definition) is 2. The van der Waals surface area contributed by atoms with Crippen LogP contribution in [0.5, 0.6) is 0 Å². The average molecular weight is 236 g/mol. The Morgan fingerprint density at radius 3 is 2.24 bits per heavy atom. The molecule has 0 spiro atoms. The second kappa shape index (κ2) is 3.47. The summed E-state index contributed by atoms with van der Waals surface area (Å²) in [6, 6.07) is 0.479. The summed E-state index contributed by atoms with van der Waals surface area (Å²) in [5, 5.41) is 0. The lowest BCUT2D eigenvalue weighted by atomic mass is 9.92. The van der Waals surface area contributed by atoms with Crippen LogP contribution in [0.3, 0.4) is 0 Å². The van der Waals surface area contributed by atoms with Gasteiger partial charge in [-0.2, -0.15) is 0 Å². The van der Waals surface area contributed by atoms with Gasteiger partial charge < -0.3 is 4.90 Å². The van der Waals surface area contributed by atoms with E-state index < -0.39 is 0 Å². The van der Waals surface area contributed by atoms with Gasteiger partial charge in [-0.25, -0.2) is 0 Å². The SMILES string of the molecule is CN(C(=O)C12CCCN1CCC2)C1CC1(C)C. The van der Waals surface area contributed by atoms with Crippen LogP contribution in [0.1, 0.15) is 46.0 Å². The number of nitrogens with zero attached hydrogens (tertiary/aromatic N) is 2. The number of rotatable bonds is 2. The second-order valence-corrected chi connectivity index (χ2v) is 6.85. The highest BCUT2D eigenvalue weighted by Crippen LogP contribution is 2.50. The summed E-state index contributed by atoms with van der Waals surface area (Å²) in [4.78, 5) is 17.3. The standard InChI is InChI=1S/C14H24N2O/c1-13(2)10-11(13)15(3)12(17)14-6-4-8-16(14)9-5-7-14/h11H,4-10H2,1-3H3. The second-order valence-electron chi connectivity index (χ2n) is 6.85. The van der Waals surface area contributed by atoms with Gasteiger partial charge in [0.25, 0.3) is 0 Å². The lowest BCUT2D eigenvalue weighted by Crippen LogP contribution is -2.53. The third-order valence-electron chi connectivity index (χ3n) is 5.29. The molecule has 0 aromatic carbocycles. The maximum atomic E-state index is 12.8. The Balaban J connectivity index is 1.78. The molecule has 0 aromatic heterocycles. The van der Waals surface area contributed by atoms with Crippen LogP contribution in [-0.4, -0.2) is 47.4 Å². The van der Waals surface area contributed by atoms with Gasteiger partial charge in [-0.15, -0.1) is 0 Å². The van der Waals surface area contributed by atoms with Gasteiger partial charge >= 0.3 is 0 Å². The molecule has 3 aliphatic rings. The zero-order valence-corrected chi connectivity index (χ0v) is 11.3. The highest BCUT2D eigenvalue weighted by atomic mass is 16.2. The summed E-state index contributed by atoms with van der Waals surface area (Å²) in [6.45, 7) is 6.79. The highest BCUT2D eigenvalue weighted by Gasteiger charge is 2.56. The Kier molecular flexibility index (Phi) is 2.35. The molecule has 0 radical (unpaired) electrons. The Hall–Kier alpha value is -0.570. The fraction of sp³-hybridized carbons (Fsp3) is 0.929. The van der Waals surface area contributed by atoms with Gasteiger partial charge in [-0.1, -0.05) is 13.8 Å². The fourth-order valence-electron chi connectivity index (χ4n) is 4.03. The van der Waals surface area contributed by atoms with E-state index in [4.69, 9.17) is 0 Å². The first-order valence-electron chi connectivity index (χ1n) is 7.00. The van der Waals surface area contributed by atoms with Crippen molar-refractivity contribution < 1.29 is 4.79 Å². The third kappa shape index (κ3) is 1.55. The van der Waals surface area contributed by atoms with Crippen LogP contribution in [0.4, 0.5) is 0 Å². The summed E-state index contributed by atoms with van der Waals surface area (Å²) >= 11 is 0. The summed E-state index contributed by atoms with van der Waals surface area (Å²) in [5.41, 5.74) is 0.247. The van der Waals surface area contributed by atoms with Crippen molar-refractivity contribution >= 4 is 5.91 Å². The Labute approximate surface area is 104 Å². The minimum atomic E-state index is -0.104. The molecule has 0 aromatic rings. The van der Waals surface area contributed by atoms with Crippen LogP contribution < -0.4 is 0 Å². The number of amides is 1. The van der Waals surface area contributed by atoms with Gasteiger partial charge in [0, 0.05) is 13.1 Å². The van der Waals surface area contributed by atoms with Crippen LogP contribution >= 0.6 is 0 Å². The first-order chi connectivity index (χ1) is 7.97. The van der Waals surface area contributed by atoms with Gasteiger partial charge in [0.1, 0.15) is 5.54 Å². The van der Waals surface area contributed by atoms with E-state index in [1.165, 1.54) is 19.3 Å². The zero-order chi connectivity index (χ0) is 12.3. The van der Waals surface area contributed by atoms with Crippen molar-refractivity contribution in [2.75, 3.05) is 20.1 Å². The van der Waals surface area contributed by atoms with Crippen LogP contribution in [0.25, 0.3) is 0 Å². The first-order valence-corrected chi connectivity index (χ1v) is 7.00. The van der Waals surface area contributed by atoms with Crippen molar-refractivity contribution in [3.8, 4) is 0 Å². The third-order valence-corrected chi connectivity index (χ3v) is 5.29. The molecule has 2 heterocycles. The minimum absolute atomic E-state index is 0.104. The largest absolute Gasteiger partial charge is 0.341 e. The molecule has 96 valence electrons. The van der Waals surface area contributed by atoms with Crippen LogP contribution in [-0.2, 0) is 4.79 Å². The molecule has 1 aliphatic carbocycles. The number of carbonyl (C=O) groups excluding carboxylic acids is 1. The molecule has 0 N–H and O–H groups in total. The van der Waals surface area contributed by atoms with Gasteiger partial charge in [0.05, 0.1) is 0 Å². The molecule has 3 rings (SSSR count). The molecule has 0 bridgehead atoms. The summed E-state index contributed by atoms with van der Waals surface area (Å²) in [5.74, 6) is 0.406. The molecular formula is C14H24N2O. The van der Waals surface area contributed by atoms with Gasteiger partial charge in [0.2, 0.25) is 5.91 Å². The first kappa shape index (κ1) is 11.5. The van der Waals surface area contributed by atoms with E-state index in [9.17, 15) is 4.79 Å². The van der Waals surface area contributed by atoms with Crippen LogP contribution in [0.15, 0.2) is 0 Å². The van der Waals surface area contributed by atoms with Crippen molar-refractivity contribution in [2.45, 2.75) is 57.5 Å². The van der Waals surface area contributed by atoms with E-state index in [1.807, 2.05) is 7.05 Å². The number of likely N-dealkylation sites (N-methyl/N-ethyl adjacent to an activating group) is 1. The molecule has 1 amide bonds. The highest BCUT2D eigenvalue weighted by molar-refractivity contribution is 5.87. The molecule has 3 fully saturated rings. The molecule has 1 unspecified atom stereocenters. The Morgan fingerprint density at radius 2 is 1.76 bits per heavy atom. The van der Waals surface area contributed by atoms with Crippen LogP contribution in [0, 0.1) is 5.41 Å². The van der Waals surface area contributed by atoms with Crippen molar-refractivity contribution in [1.82, 2.24) is 9.80 Å².